The first-order chi connectivity index (χ1) is 6.81. The molecule has 0 N–H and O–H groups in total. The maximum atomic E-state index is 10.5. The second-order valence-electron chi connectivity index (χ2n) is 3.15. The van der Waals surface area contributed by atoms with E-state index < -0.39 is 6.16 Å². The molecule has 0 aliphatic heterocycles. The van der Waals surface area contributed by atoms with Crippen LogP contribution >= 0.6 is 0 Å². The minimum absolute atomic E-state index is 0.660. The highest BCUT2D eigenvalue weighted by Gasteiger charge is 1.93. The zero-order valence-corrected chi connectivity index (χ0v) is 9.12. The van der Waals surface area contributed by atoms with Gasteiger partial charge in [0.1, 0.15) is 0 Å². The van der Waals surface area contributed by atoms with Gasteiger partial charge in [-0.05, 0) is 18.9 Å². The van der Waals surface area contributed by atoms with Gasteiger partial charge in [0.25, 0.3) is 0 Å². The molecule has 0 saturated carbocycles. The topological polar surface area (TPSA) is 35.5 Å². The summed E-state index contributed by atoms with van der Waals surface area (Å²) in [5.74, 6) is 0. The molecule has 0 aliphatic carbocycles. The standard InChI is InChI=1S/C11H20O3/c1-3-4-5-6-7-8-9-10-14-11(12)13-2/h9-10H,3-8H2,1-2H3/b10-9+. The summed E-state index contributed by atoms with van der Waals surface area (Å²) in [5.41, 5.74) is 0. The van der Waals surface area contributed by atoms with Crippen LogP contribution in [0.5, 0.6) is 0 Å². The summed E-state index contributed by atoms with van der Waals surface area (Å²) >= 11 is 0. The third kappa shape index (κ3) is 9.10. The van der Waals surface area contributed by atoms with E-state index in [2.05, 4.69) is 16.4 Å². The van der Waals surface area contributed by atoms with E-state index in [4.69, 9.17) is 0 Å². The highest BCUT2D eigenvalue weighted by atomic mass is 16.7. The van der Waals surface area contributed by atoms with Crippen molar-refractivity contribution >= 4 is 6.16 Å². The first-order valence-electron chi connectivity index (χ1n) is 5.21. The normalized spacial score (nSPS) is 10.4. The second kappa shape index (κ2) is 10.1. The lowest BCUT2D eigenvalue weighted by atomic mass is 10.1. The number of hydrogen-bond donors (Lipinski definition) is 0. The van der Waals surface area contributed by atoms with Gasteiger partial charge in [-0.25, -0.2) is 4.79 Å². The summed E-state index contributed by atoms with van der Waals surface area (Å²) in [6.07, 6.45) is 9.81. The fraction of sp³-hybridized carbons (Fsp3) is 0.727. The van der Waals surface area contributed by atoms with Crippen LogP contribution in [0.3, 0.4) is 0 Å². The van der Waals surface area contributed by atoms with Crippen LogP contribution < -0.4 is 0 Å². The lowest BCUT2D eigenvalue weighted by Gasteiger charge is -1.96. The Labute approximate surface area is 86.1 Å². The van der Waals surface area contributed by atoms with Gasteiger partial charge in [-0.2, -0.15) is 0 Å². The molecule has 0 heterocycles. The molecule has 14 heavy (non-hydrogen) atoms. The van der Waals surface area contributed by atoms with Gasteiger partial charge < -0.3 is 9.47 Å². The zero-order valence-electron chi connectivity index (χ0n) is 9.12. The largest absolute Gasteiger partial charge is 0.512 e. The molecule has 0 aromatic heterocycles. The fourth-order valence-corrected chi connectivity index (χ4v) is 1.09. The summed E-state index contributed by atoms with van der Waals surface area (Å²) in [6.45, 7) is 2.20. The lowest BCUT2D eigenvalue weighted by Crippen LogP contribution is -1.97. The average Bonchev–Trinajstić information content (AvgIpc) is 2.21. The molecule has 0 spiro atoms. The van der Waals surface area contributed by atoms with Gasteiger partial charge in [-0.15, -0.1) is 0 Å². The van der Waals surface area contributed by atoms with Crippen molar-refractivity contribution in [3.05, 3.63) is 12.3 Å². The van der Waals surface area contributed by atoms with Gasteiger partial charge in [0.05, 0.1) is 13.4 Å². The van der Waals surface area contributed by atoms with E-state index in [9.17, 15) is 4.79 Å². The Hall–Kier alpha value is -0.990. The average molecular weight is 200 g/mol. The molecule has 0 fully saturated rings. The van der Waals surface area contributed by atoms with Crippen molar-refractivity contribution in [3.63, 3.8) is 0 Å². The van der Waals surface area contributed by atoms with Crippen LogP contribution in [0, 0.1) is 0 Å². The first-order valence-corrected chi connectivity index (χ1v) is 5.21. The number of allylic oxidation sites excluding steroid dienone is 1. The number of carbonyl (C=O) groups excluding carboxylic acids is 1. The van der Waals surface area contributed by atoms with Crippen molar-refractivity contribution in [2.45, 2.75) is 45.4 Å². The van der Waals surface area contributed by atoms with Crippen LogP contribution in [0.2, 0.25) is 0 Å². The molecule has 0 bridgehead atoms. The molecular formula is C11H20O3. The number of methoxy groups -OCH3 is 1. The Kier molecular flexibility index (Phi) is 9.38. The highest BCUT2D eigenvalue weighted by molar-refractivity contribution is 5.60. The first kappa shape index (κ1) is 13.0. The Balaban J connectivity index is 3.15. The Bertz CT molecular complexity index is 164. The predicted molar refractivity (Wildman–Crippen MR) is 56.0 cm³/mol. The number of rotatable bonds is 7. The monoisotopic (exact) mass is 200 g/mol. The van der Waals surface area contributed by atoms with Crippen LogP contribution in [0.4, 0.5) is 4.79 Å². The zero-order chi connectivity index (χ0) is 10.6. The summed E-state index contributed by atoms with van der Waals surface area (Å²) in [6, 6.07) is 0. The molecule has 0 unspecified atom stereocenters. The van der Waals surface area contributed by atoms with Crippen molar-refractivity contribution in [2.24, 2.45) is 0 Å². The molecule has 0 rings (SSSR count). The molecule has 0 saturated heterocycles. The minimum Gasteiger partial charge on any atom is -0.437 e. The number of unbranched alkanes of at least 4 members (excludes halogenated alkanes) is 5. The van der Waals surface area contributed by atoms with E-state index in [1.807, 2.05) is 6.08 Å². The van der Waals surface area contributed by atoms with Crippen molar-refractivity contribution in [2.75, 3.05) is 7.11 Å². The summed E-state index contributed by atoms with van der Waals surface area (Å²) in [5, 5.41) is 0. The maximum absolute atomic E-state index is 10.5. The van der Waals surface area contributed by atoms with E-state index in [1.54, 1.807) is 0 Å². The van der Waals surface area contributed by atoms with E-state index in [0.717, 1.165) is 12.8 Å². The molecular weight excluding hydrogens is 180 g/mol. The predicted octanol–water partition coefficient (Wildman–Crippen LogP) is 3.64. The van der Waals surface area contributed by atoms with Crippen molar-refractivity contribution in [3.8, 4) is 0 Å². The molecule has 0 atom stereocenters. The Morgan fingerprint density at radius 1 is 1.21 bits per heavy atom. The highest BCUT2D eigenvalue weighted by Crippen LogP contribution is 2.05. The SMILES string of the molecule is CCCCCCC/C=C/OC(=O)OC. The van der Waals surface area contributed by atoms with Crippen LogP contribution in [-0.4, -0.2) is 13.3 Å². The van der Waals surface area contributed by atoms with Crippen LogP contribution in [0.1, 0.15) is 45.4 Å². The molecule has 0 aromatic carbocycles. The smallest absolute Gasteiger partial charge is 0.437 e. The maximum Gasteiger partial charge on any atom is 0.512 e. The van der Waals surface area contributed by atoms with Crippen LogP contribution in [-0.2, 0) is 9.47 Å². The summed E-state index contributed by atoms with van der Waals surface area (Å²) in [4.78, 5) is 10.5. The molecule has 82 valence electrons. The quantitative estimate of drug-likeness (QED) is 0.357. The van der Waals surface area contributed by atoms with Gasteiger partial charge >= 0.3 is 6.16 Å². The summed E-state index contributed by atoms with van der Waals surface area (Å²) < 4.78 is 8.87. The van der Waals surface area contributed by atoms with E-state index in [0.29, 0.717) is 0 Å². The molecule has 3 nitrogen and oxygen atoms in total. The fourth-order valence-electron chi connectivity index (χ4n) is 1.09. The third-order valence-corrected chi connectivity index (χ3v) is 1.90. The molecule has 0 aliphatic rings. The van der Waals surface area contributed by atoms with Crippen LogP contribution in [0.25, 0.3) is 0 Å². The van der Waals surface area contributed by atoms with Crippen molar-refractivity contribution in [1.82, 2.24) is 0 Å². The number of hydrogen-bond acceptors (Lipinski definition) is 3. The van der Waals surface area contributed by atoms with E-state index in [-0.39, 0.29) is 0 Å². The summed E-state index contributed by atoms with van der Waals surface area (Å²) in [7, 11) is 1.29. The van der Waals surface area contributed by atoms with Gasteiger partial charge in [-0.1, -0.05) is 32.6 Å². The van der Waals surface area contributed by atoms with Gasteiger partial charge in [-0.3, -0.25) is 0 Å². The second-order valence-corrected chi connectivity index (χ2v) is 3.15. The van der Waals surface area contributed by atoms with Crippen molar-refractivity contribution in [1.29, 1.82) is 0 Å². The van der Waals surface area contributed by atoms with E-state index in [1.165, 1.54) is 39.1 Å². The van der Waals surface area contributed by atoms with Gasteiger partial charge in [0, 0.05) is 0 Å². The molecule has 0 radical (unpaired) electrons. The van der Waals surface area contributed by atoms with Gasteiger partial charge in [0.2, 0.25) is 0 Å². The van der Waals surface area contributed by atoms with E-state index >= 15 is 0 Å². The molecule has 0 amide bonds. The molecule has 3 heteroatoms. The third-order valence-electron chi connectivity index (χ3n) is 1.90. The Morgan fingerprint density at radius 2 is 1.93 bits per heavy atom. The Morgan fingerprint density at radius 3 is 2.57 bits per heavy atom. The minimum atomic E-state index is -0.660. The van der Waals surface area contributed by atoms with Crippen molar-refractivity contribution < 1.29 is 14.3 Å². The molecule has 0 aromatic rings. The van der Waals surface area contributed by atoms with Gasteiger partial charge in [0.15, 0.2) is 0 Å². The number of ether oxygens (including phenoxy) is 2. The number of carbonyl (C=O) groups is 1. The lowest BCUT2D eigenvalue weighted by molar-refractivity contribution is 0.105. The van der Waals surface area contributed by atoms with Crippen LogP contribution in [0.15, 0.2) is 12.3 Å².